The third kappa shape index (κ3) is 4.90. The van der Waals surface area contributed by atoms with E-state index in [1.165, 1.54) is 0 Å². The van der Waals surface area contributed by atoms with Gasteiger partial charge in [0.1, 0.15) is 17.7 Å². The summed E-state index contributed by atoms with van der Waals surface area (Å²) >= 11 is 0. The van der Waals surface area contributed by atoms with Crippen molar-refractivity contribution in [3.63, 3.8) is 0 Å². The highest BCUT2D eigenvalue weighted by atomic mass is 19.1. The number of hydrogen-bond acceptors (Lipinski definition) is 2. The second-order valence-corrected chi connectivity index (χ2v) is 3.94. The summed E-state index contributed by atoms with van der Waals surface area (Å²) < 4.78 is 25.8. The lowest BCUT2D eigenvalue weighted by Gasteiger charge is -2.14. The minimum atomic E-state index is -1.16. The van der Waals surface area contributed by atoms with Crippen molar-refractivity contribution < 1.29 is 23.5 Å². The van der Waals surface area contributed by atoms with Gasteiger partial charge in [-0.05, 0) is 18.6 Å². The molecule has 0 unspecified atom stereocenters. The molecule has 0 aliphatic rings. The van der Waals surface area contributed by atoms with Crippen LogP contribution in [0.1, 0.15) is 19.8 Å². The molecule has 0 fully saturated rings. The van der Waals surface area contributed by atoms with Crippen molar-refractivity contribution in [2.45, 2.75) is 25.8 Å². The second kappa shape index (κ2) is 6.67. The zero-order valence-electron chi connectivity index (χ0n) is 10.2. The number of aliphatic carboxylic acids is 1. The fourth-order valence-electron chi connectivity index (χ4n) is 1.50. The standard InChI is InChI=1S/C12H14F2N2O3/c1-2-3-10(11(17)18)16-12(19)15-9-5-7(13)4-8(14)6-9/h4-6,10H,2-3H2,1H3,(H,17,18)(H2,15,16,19)/t10-/m0/s1. The van der Waals surface area contributed by atoms with Crippen molar-refractivity contribution in [3.8, 4) is 0 Å². The van der Waals surface area contributed by atoms with Crippen LogP contribution in [0.4, 0.5) is 19.3 Å². The Balaban J connectivity index is 2.66. The number of carboxylic acids is 1. The maximum atomic E-state index is 12.9. The van der Waals surface area contributed by atoms with Gasteiger partial charge < -0.3 is 15.7 Å². The molecule has 5 nitrogen and oxygen atoms in total. The highest BCUT2D eigenvalue weighted by molar-refractivity contribution is 5.92. The van der Waals surface area contributed by atoms with Crippen molar-refractivity contribution in [3.05, 3.63) is 29.8 Å². The summed E-state index contributed by atoms with van der Waals surface area (Å²) in [5.41, 5.74) is -0.0874. The van der Waals surface area contributed by atoms with Gasteiger partial charge in [0.05, 0.1) is 0 Å². The Bertz CT molecular complexity index is 460. The van der Waals surface area contributed by atoms with Gasteiger partial charge in [0.15, 0.2) is 0 Å². The Labute approximate surface area is 108 Å². The summed E-state index contributed by atoms with van der Waals surface area (Å²) in [7, 11) is 0. The van der Waals surface area contributed by atoms with Crippen molar-refractivity contribution in [2.75, 3.05) is 5.32 Å². The number of nitrogens with one attached hydrogen (secondary N) is 2. The molecular weight excluding hydrogens is 258 g/mol. The lowest BCUT2D eigenvalue weighted by atomic mass is 10.2. The Morgan fingerprint density at radius 1 is 1.26 bits per heavy atom. The number of carboxylic acid groups (broad SMARTS) is 1. The van der Waals surface area contributed by atoms with Gasteiger partial charge in [0.25, 0.3) is 0 Å². The number of carbonyl (C=O) groups is 2. The van der Waals surface area contributed by atoms with Crippen LogP contribution in [0.5, 0.6) is 0 Å². The molecule has 0 radical (unpaired) electrons. The lowest BCUT2D eigenvalue weighted by molar-refractivity contribution is -0.139. The van der Waals surface area contributed by atoms with Crippen LogP contribution in [0, 0.1) is 11.6 Å². The monoisotopic (exact) mass is 272 g/mol. The number of rotatable bonds is 5. The van der Waals surface area contributed by atoms with E-state index in [4.69, 9.17) is 5.11 Å². The summed E-state index contributed by atoms with van der Waals surface area (Å²) in [4.78, 5) is 22.3. The number of hydrogen-bond donors (Lipinski definition) is 3. The topological polar surface area (TPSA) is 78.4 Å². The first-order valence-electron chi connectivity index (χ1n) is 5.68. The van der Waals surface area contributed by atoms with E-state index in [0.717, 1.165) is 12.1 Å². The molecule has 0 heterocycles. The highest BCUT2D eigenvalue weighted by Crippen LogP contribution is 2.12. The first kappa shape index (κ1) is 14.9. The van der Waals surface area contributed by atoms with Gasteiger partial charge >= 0.3 is 12.0 Å². The third-order valence-electron chi connectivity index (χ3n) is 2.30. The van der Waals surface area contributed by atoms with Crippen LogP contribution < -0.4 is 10.6 Å². The number of anilines is 1. The van der Waals surface area contributed by atoms with Crippen LogP contribution in [-0.2, 0) is 4.79 Å². The summed E-state index contributed by atoms with van der Waals surface area (Å²) in [5.74, 6) is -2.83. The number of urea groups is 1. The van der Waals surface area contributed by atoms with E-state index in [9.17, 15) is 18.4 Å². The summed E-state index contributed by atoms with van der Waals surface area (Å²) in [6, 6.07) is 0.658. The predicted octanol–water partition coefficient (Wildman–Crippen LogP) is 2.34. The number of carbonyl (C=O) groups excluding carboxylic acids is 1. The number of amides is 2. The average Bonchev–Trinajstić information content (AvgIpc) is 2.26. The quantitative estimate of drug-likeness (QED) is 0.769. The largest absolute Gasteiger partial charge is 0.480 e. The van der Waals surface area contributed by atoms with E-state index in [2.05, 4.69) is 10.6 Å². The van der Waals surface area contributed by atoms with Crippen LogP contribution in [0.25, 0.3) is 0 Å². The molecule has 1 aromatic carbocycles. The van der Waals surface area contributed by atoms with Crippen molar-refractivity contribution >= 4 is 17.7 Å². The fraction of sp³-hybridized carbons (Fsp3) is 0.333. The molecule has 0 bridgehead atoms. The third-order valence-corrected chi connectivity index (χ3v) is 2.30. The normalized spacial score (nSPS) is 11.7. The van der Waals surface area contributed by atoms with Gasteiger partial charge in [-0.2, -0.15) is 0 Å². The van der Waals surface area contributed by atoms with Gasteiger partial charge in [0.2, 0.25) is 0 Å². The van der Waals surface area contributed by atoms with Crippen LogP contribution >= 0.6 is 0 Å². The van der Waals surface area contributed by atoms with Gasteiger partial charge in [-0.25, -0.2) is 18.4 Å². The predicted molar refractivity (Wildman–Crippen MR) is 64.8 cm³/mol. The summed E-state index contributed by atoms with van der Waals surface area (Å²) in [6.45, 7) is 1.78. The van der Waals surface area contributed by atoms with Crippen molar-refractivity contribution in [2.24, 2.45) is 0 Å². The van der Waals surface area contributed by atoms with E-state index in [1.807, 2.05) is 0 Å². The molecule has 7 heteroatoms. The molecular formula is C12H14F2N2O3. The molecule has 19 heavy (non-hydrogen) atoms. The molecule has 3 N–H and O–H groups in total. The number of halogens is 2. The van der Waals surface area contributed by atoms with Crippen molar-refractivity contribution in [1.29, 1.82) is 0 Å². The maximum absolute atomic E-state index is 12.9. The van der Waals surface area contributed by atoms with E-state index in [1.54, 1.807) is 6.92 Å². The van der Waals surface area contributed by atoms with Crippen molar-refractivity contribution in [1.82, 2.24) is 5.32 Å². The fourth-order valence-corrected chi connectivity index (χ4v) is 1.50. The minimum Gasteiger partial charge on any atom is -0.480 e. The summed E-state index contributed by atoms with van der Waals surface area (Å²) in [5, 5.41) is 13.2. The molecule has 1 aromatic rings. The van der Waals surface area contributed by atoms with Crippen LogP contribution in [0.3, 0.4) is 0 Å². The lowest BCUT2D eigenvalue weighted by Crippen LogP contribution is -2.42. The first-order valence-corrected chi connectivity index (χ1v) is 5.68. The Kier molecular flexibility index (Phi) is 5.23. The van der Waals surface area contributed by atoms with E-state index in [0.29, 0.717) is 12.5 Å². The molecule has 1 atom stereocenters. The zero-order valence-corrected chi connectivity index (χ0v) is 10.2. The zero-order chi connectivity index (χ0) is 14.4. The molecule has 1 rings (SSSR count). The molecule has 0 aliphatic carbocycles. The highest BCUT2D eigenvalue weighted by Gasteiger charge is 2.18. The van der Waals surface area contributed by atoms with Gasteiger partial charge in [-0.3, -0.25) is 0 Å². The summed E-state index contributed by atoms with van der Waals surface area (Å²) in [6.07, 6.45) is 0.839. The Morgan fingerprint density at radius 2 is 1.84 bits per heavy atom. The van der Waals surface area contributed by atoms with E-state index < -0.39 is 29.7 Å². The van der Waals surface area contributed by atoms with Gasteiger partial charge in [-0.15, -0.1) is 0 Å². The van der Waals surface area contributed by atoms with Gasteiger partial charge in [0, 0.05) is 11.8 Å². The molecule has 0 aromatic heterocycles. The Hall–Kier alpha value is -2.18. The average molecular weight is 272 g/mol. The van der Waals surface area contributed by atoms with E-state index >= 15 is 0 Å². The molecule has 0 saturated carbocycles. The smallest absolute Gasteiger partial charge is 0.326 e. The first-order chi connectivity index (χ1) is 8.92. The van der Waals surface area contributed by atoms with Crippen LogP contribution in [0.2, 0.25) is 0 Å². The SMILES string of the molecule is CCC[C@H](NC(=O)Nc1cc(F)cc(F)c1)C(=O)O. The molecule has 0 aliphatic heterocycles. The molecule has 104 valence electrons. The minimum absolute atomic E-state index is 0.0874. The number of benzene rings is 1. The Morgan fingerprint density at radius 3 is 2.32 bits per heavy atom. The van der Waals surface area contributed by atoms with Crippen LogP contribution in [0.15, 0.2) is 18.2 Å². The maximum Gasteiger partial charge on any atom is 0.326 e. The van der Waals surface area contributed by atoms with Crippen LogP contribution in [-0.4, -0.2) is 23.1 Å². The van der Waals surface area contributed by atoms with Gasteiger partial charge in [-0.1, -0.05) is 13.3 Å². The van der Waals surface area contributed by atoms with E-state index in [-0.39, 0.29) is 12.1 Å². The molecule has 0 spiro atoms. The molecule has 0 saturated heterocycles. The second-order valence-electron chi connectivity index (χ2n) is 3.94. The molecule has 2 amide bonds.